The molecule has 1 saturated carbocycles. The molecule has 1 aromatic rings. The van der Waals surface area contributed by atoms with Gasteiger partial charge in [0.05, 0.1) is 6.42 Å². The smallest absolute Gasteiger partial charge is 0.227 e. The average molecular weight is 274 g/mol. The largest absolute Gasteiger partial charge is 0.342 e. The number of benzene rings is 1. The summed E-state index contributed by atoms with van der Waals surface area (Å²) in [6, 6.07) is 6.64. The van der Waals surface area contributed by atoms with E-state index in [1.54, 1.807) is 0 Å². The monoisotopic (exact) mass is 274 g/mol. The summed E-state index contributed by atoms with van der Waals surface area (Å²) in [5, 5.41) is 0. The summed E-state index contributed by atoms with van der Waals surface area (Å²) in [4.78, 5) is 14.4. The molecule has 1 aliphatic rings. The molecular formula is C17H26N2O. The Kier molecular flexibility index (Phi) is 4.81. The van der Waals surface area contributed by atoms with Gasteiger partial charge in [0.25, 0.3) is 0 Å². The van der Waals surface area contributed by atoms with E-state index in [2.05, 4.69) is 32.0 Å². The number of aryl methyl sites for hydroxylation is 2. The van der Waals surface area contributed by atoms with Crippen LogP contribution in [0.3, 0.4) is 0 Å². The molecule has 3 heteroatoms. The van der Waals surface area contributed by atoms with Gasteiger partial charge in [-0.2, -0.15) is 0 Å². The van der Waals surface area contributed by atoms with E-state index in [0.717, 1.165) is 18.4 Å². The number of likely N-dealkylation sites (N-methyl/N-ethyl adjacent to an activating group) is 1. The van der Waals surface area contributed by atoms with Crippen LogP contribution >= 0.6 is 0 Å². The lowest BCUT2D eigenvalue weighted by molar-refractivity contribution is -0.131. The molecular weight excluding hydrogens is 248 g/mol. The van der Waals surface area contributed by atoms with E-state index in [4.69, 9.17) is 5.73 Å². The SMILES string of the molecule is Cc1ccc(C)c(CC(=O)N(C)C2CCCC2CN)c1. The summed E-state index contributed by atoms with van der Waals surface area (Å²) >= 11 is 0. The molecule has 0 aromatic heterocycles. The van der Waals surface area contributed by atoms with Gasteiger partial charge in [0, 0.05) is 13.1 Å². The van der Waals surface area contributed by atoms with E-state index in [1.165, 1.54) is 17.5 Å². The van der Waals surface area contributed by atoms with Crippen LogP contribution in [0, 0.1) is 19.8 Å². The van der Waals surface area contributed by atoms with Crippen molar-refractivity contribution in [2.24, 2.45) is 11.7 Å². The first-order valence-corrected chi connectivity index (χ1v) is 7.54. The highest BCUT2D eigenvalue weighted by molar-refractivity contribution is 5.79. The summed E-state index contributed by atoms with van der Waals surface area (Å²) in [5.74, 6) is 0.687. The first kappa shape index (κ1) is 15.0. The van der Waals surface area contributed by atoms with Crippen LogP contribution in [-0.4, -0.2) is 30.4 Å². The van der Waals surface area contributed by atoms with Crippen molar-refractivity contribution in [2.45, 2.75) is 45.6 Å². The van der Waals surface area contributed by atoms with Gasteiger partial charge in [-0.25, -0.2) is 0 Å². The van der Waals surface area contributed by atoms with E-state index in [1.807, 2.05) is 11.9 Å². The van der Waals surface area contributed by atoms with Crippen molar-refractivity contribution in [3.63, 3.8) is 0 Å². The predicted molar refractivity (Wildman–Crippen MR) is 82.6 cm³/mol. The normalized spacial score (nSPS) is 22.0. The van der Waals surface area contributed by atoms with Crippen molar-refractivity contribution in [1.82, 2.24) is 4.90 Å². The van der Waals surface area contributed by atoms with Gasteiger partial charge in [0.1, 0.15) is 0 Å². The van der Waals surface area contributed by atoms with Gasteiger partial charge in [-0.05, 0) is 50.3 Å². The molecule has 0 aliphatic heterocycles. The molecule has 0 bridgehead atoms. The fourth-order valence-corrected chi connectivity index (χ4v) is 3.27. The Labute approximate surface area is 122 Å². The summed E-state index contributed by atoms with van der Waals surface area (Å²) in [5.41, 5.74) is 9.37. The number of nitrogens with two attached hydrogens (primary N) is 1. The maximum absolute atomic E-state index is 12.5. The second-order valence-electron chi connectivity index (χ2n) is 6.11. The molecule has 1 aromatic carbocycles. The maximum Gasteiger partial charge on any atom is 0.227 e. The van der Waals surface area contributed by atoms with E-state index in [-0.39, 0.29) is 5.91 Å². The molecule has 1 fully saturated rings. The standard InChI is InChI=1S/C17H26N2O/c1-12-7-8-13(2)15(9-12)10-17(20)19(3)16-6-4-5-14(16)11-18/h7-9,14,16H,4-6,10-11,18H2,1-3H3. The third-order valence-electron chi connectivity index (χ3n) is 4.66. The van der Waals surface area contributed by atoms with E-state index in [9.17, 15) is 4.79 Å². The summed E-state index contributed by atoms with van der Waals surface area (Å²) in [7, 11) is 1.94. The zero-order valence-corrected chi connectivity index (χ0v) is 12.9. The van der Waals surface area contributed by atoms with Crippen LogP contribution in [0.5, 0.6) is 0 Å². The lowest BCUT2D eigenvalue weighted by Crippen LogP contribution is -2.42. The fourth-order valence-electron chi connectivity index (χ4n) is 3.27. The van der Waals surface area contributed by atoms with Gasteiger partial charge in [0.15, 0.2) is 0 Å². The molecule has 3 nitrogen and oxygen atoms in total. The molecule has 110 valence electrons. The highest BCUT2D eigenvalue weighted by Gasteiger charge is 2.31. The van der Waals surface area contributed by atoms with Crippen molar-refractivity contribution < 1.29 is 4.79 Å². The first-order chi connectivity index (χ1) is 9.52. The Hall–Kier alpha value is -1.35. The molecule has 0 saturated heterocycles. The van der Waals surface area contributed by atoms with Gasteiger partial charge in [0.2, 0.25) is 5.91 Å². The molecule has 0 heterocycles. The van der Waals surface area contributed by atoms with E-state index < -0.39 is 0 Å². The van der Waals surface area contributed by atoms with Crippen LogP contribution in [0.15, 0.2) is 18.2 Å². The third kappa shape index (κ3) is 3.21. The molecule has 2 N–H and O–H groups in total. The Morgan fingerprint density at radius 1 is 1.35 bits per heavy atom. The molecule has 2 rings (SSSR count). The van der Waals surface area contributed by atoms with Crippen LogP contribution in [-0.2, 0) is 11.2 Å². The second-order valence-corrected chi connectivity index (χ2v) is 6.11. The van der Waals surface area contributed by atoms with Crippen molar-refractivity contribution in [2.75, 3.05) is 13.6 Å². The minimum atomic E-state index is 0.212. The maximum atomic E-state index is 12.5. The van der Waals surface area contributed by atoms with Crippen molar-refractivity contribution >= 4 is 5.91 Å². The van der Waals surface area contributed by atoms with Gasteiger partial charge < -0.3 is 10.6 Å². The molecule has 1 aliphatic carbocycles. The lowest BCUT2D eigenvalue weighted by Gasteiger charge is -2.29. The first-order valence-electron chi connectivity index (χ1n) is 7.54. The molecule has 2 atom stereocenters. The topological polar surface area (TPSA) is 46.3 Å². The number of carbonyl (C=O) groups is 1. The van der Waals surface area contributed by atoms with Gasteiger partial charge in [-0.15, -0.1) is 0 Å². The number of rotatable bonds is 4. The van der Waals surface area contributed by atoms with Gasteiger partial charge in [-0.1, -0.05) is 30.2 Å². The quantitative estimate of drug-likeness (QED) is 0.916. The Bertz CT molecular complexity index is 484. The zero-order chi connectivity index (χ0) is 14.7. The summed E-state index contributed by atoms with van der Waals surface area (Å²) in [6.45, 7) is 4.82. The second kappa shape index (κ2) is 6.40. The number of carbonyl (C=O) groups excluding carboxylic acids is 1. The zero-order valence-electron chi connectivity index (χ0n) is 12.9. The number of amides is 1. The number of hydrogen-bond acceptors (Lipinski definition) is 2. The predicted octanol–water partition coefficient (Wildman–Crippen LogP) is 2.43. The van der Waals surface area contributed by atoms with Crippen molar-refractivity contribution in [1.29, 1.82) is 0 Å². The van der Waals surface area contributed by atoms with Crippen LogP contribution in [0.25, 0.3) is 0 Å². The van der Waals surface area contributed by atoms with E-state index in [0.29, 0.717) is 24.9 Å². The van der Waals surface area contributed by atoms with Crippen LogP contribution < -0.4 is 5.73 Å². The molecule has 0 radical (unpaired) electrons. The highest BCUT2D eigenvalue weighted by atomic mass is 16.2. The van der Waals surface area contributed by atoms with E-state index >= 15 is 0 Å². The fraction of sp³-hybridized carbons (Fsp3) is 0.588. The van der Waals surface area contributed by atoms with Crippen LogP contribution in [0.2, 0.25) is 0 Å². The number of hydrogen-bond donors (Lipinski definition) is 1. The van der Waals surface area contributed by atoms with Crippen LogP contribution in [0.1, 0.15) is 36.0 Å². The number of nitrogens with zero attached hydrogens (tertiary/aromatic N) is 1. The van der Waals surface area contributed by atoms with Crippen molar-refractivity contribution in [3.05, 3.63) is 34.9 Å². The molecule has 20 heavy (non-hydrogen) atoms. The summed E-state index contributed by atoms with van der Waals surface area (Å²) < 4.78 is 0. The van der Waals surface area contributed by atoms with Crippen LogP contribution in [0.4, 0.5) is 0 Å². The average Bonchev–Trinajstić information content (AvgIpc) is 2.90. The molecule has 2 unspecified atom stereocenters. The highest BCUT2D eigenvalue weighted by Crippen LogP contribution is 2.29. The Morgan fingerprint density at radius 2 is 2.10 bits per heavy atom. The third-order valence-corrected chi connectivity index (χ3v) is 4.66. The van der Waals surface area contributed by atoms with Gasteiger partial charge >= 0.3 is 0 Å². The lowest BCUT2D eigenvalue weighted by atomic mass is 10.00. The van der Waals surface area contributed by atoms with Gasteiger partial charge in [-0.3, -0.25) is 4.79 Å². The Morgan fingerprint density at radius 3 is 2.80 bits per heavy atom. The minimum Gasteiger partial charge on any atom is -0.342 e. The van der Waals surface area contributed by atoms with Crippen molar-refractivity contribution in [3.8, 4) is 0 Å². The molecule has 0 spiro atoms. The minimum absolute atomic E-state index is 0.212. The Balaban J connectivity index is 2.06. The summed E-state index contributed by atoms with van der Waals surface area (Å²) in [6.07, 6.45) is 3.94. The molecule has 1 amide bonds.